The summed E-state index contributed by atoms with van der Waals surface area (Å²) in [4.78, 5) is 44.5. The zero-order valence-corrected chi connectivity index (χ0v) is 28.4. The van der Waals surface area contributed by atoms with Gasteiger partial charge < -0.3 is 25.7 Å². The number of benzene rings is 2. The highest BCUT2D eigenvalue weighted by atomic mass is 35.5. The van der Waals surface area contributed by atoms with Crippen LogP contribution in [0.5, 0.6) is 0 Å². The first-order valence-corrected chi connectivity index (χ1v) is 17.2. The summed E-state index contributed by atoms with van der Waals surface area (Å²) < 4.78 is 32.2. The number of esters is 1. The molecule has 13 heteroatoms. The van der Waals surface area contributed by atoms with Gasteiger partial charge in [0.1, 0.15) is 12.6 Å². The number of nitrogens with zero attached hydrogens (tertiary/aromatic N) is 2. The standard InChI is InChI=1S/C33H43N5O6S.ClH/c1-5-44-29(39)21-38(45(4,42)43)28-19-33(25-12-8-6-11-24(25)28)14-16-37(17-15-33)30(40)27(36-31(41)32(2,3)34)18-22-20-35-26-13-9-7-10-23(22)26;/h6-13,20,27-28,35H,5,14-19,21,34H2,1-4H3,(H,36,41);1H/t27?,28-;/m1./s1. The molecule has 2 amide bonds. The fourth-order valence-corrected chi connectivity index (χ4v) is 7.81. The van der Waals surface area contributed by atoms with Crippen molar-refractivity contribution in [3.63, 3.8) is 0 Å². The molecule has 46 heavy (non-hydrogen) atoms. The lowest BCUT2D eigenvalue weighted by atomic mass is 9.73. The van der Waals surface area contributed by atoms with Gasteiger partial charge in [0.25, 0.3) is 0 Å². The van der Waals surface area contributed by atoms with Crippen LogP contribution in [0.3, 0.4) is 0 Å². The van der Waals surface area contributed by atoms with Crippen molar-refractivity contribution in [3.8, 4) is 0 Å². The van der Waals surface area contributed by atoms with Gasteiger partial charge in [-0.25, -0.2) is 8.42 Å². The zero-order valence-electron chi connectivity index (χ0n) is 26.7. The minimum atomic E-state index is -3.74. The van der Waals surface area contributed by atoms with Crippen molar-refractivity contribution in [2.45, 2.75) is 69.5 Å². The average Bonchev–Trinajstić information content (AvgIpc) is 3.54. The number of sulfonamides is 1. The van der Waals surface area contributed by atoms with E-state index in [2.05, 4.69) is 10.3 Å². The Hall–Kier alpha value is -3.45. The molecule has 1 spiro atoms. The van der Waals surface area contributed by atoms with Gasteiger partial charge in [-0.3, -0.25) is 14.4 Å². The van der Waals surface area contributed by atoms with Crippen LogP contribution in [0.2, 0.25) is 0 Å². The van der Waals surface area contributed by atoms with Crippen molar-refractivity contribution in [2.24, 2.45) is 5.73 Å². The van der Waals surface area contributed by atoms with Crippen molar-refractivity contribution < 1.29 is 27.5 Å². The first-order valence-electron chi connectivity index (χ1n) is 15.4. The summed E-state index contributed by atoms with van der Waals surface area (Å²) in [5.41, 5.74) is 8.35. The van der Waals surface area contributed by atoms with Crippen molar-refractivity contribution in [1.82, 2.24) is 19.5 Å². The lowest BCUT2D eigenvalue weighted by Gasteiger charge is -2.42. The van der Waals surface area contributed by atoms with Crippen molar-refractivity contribution in [3.05, 3.63) is 71.4 Å². The number of aromatic amines is 1. The number of para-hydroxylation sites is 1. The topological polar surface area (TPSA) is 155 Å². The monoisotopic (exact) mass is 673 g/mol. The molecule has 2 aromatic carbocycles. The second-order valence-corrected chi connectivity index (χ2v) is 14.8. The molecule has 1 aromatic heterocycles. The van der Waals surface area contributed by atoms with E-state index in [-0.39, 0.29) is 36.9 Å². The Morgan fingerprint density at radius 2 is 1.78 bits per heavy atom. The number of likely N-dealkylation sites (tertiary alicyclic amines) is 1. The number of aromatic nitrogens is 1. The van der Waals surface area contributed by atoms with Crippen LogP contribution < -0.4 is 11.1 Å². The highest BCUT2D eigenvalue weighted by Gasteiger charge is 2.49. The van der Waals surface area contributed by atoms with Crippen molar-refractivity contribution in [1.29, 1.82) is 0 Å². The molecule has 4 N–H and O–H groups in total. The largest absolute Gasteiger partial charge is 0.465 e. The van der Waals surface area contributed by atoms with Crippen LogP contribution in [0.4, 0.5) is 0 Å². The highest BCUT2D eigenvalue weighted by Crippen LogP contribution is 2.53. The molecule has 0 bridgehead atoms. The molecule has 2 aliphatic rings. The van der Waals surface area contributed by atoms with Crippen LogP contribution in [0.15, 0.2) is 54.7 Å². The summed E-state index contributed by atoms with van der Waals surface area (Å²) in [5, 5.41) is 3.90. The summed E-state index contributed by atoms with van der Waals surface area (Å²) in [6.07, 6.45) is 5.01. The Kier molecular flexibility index (Phi) is 10.6. The maximum absolute atomic E-state index is 14.1. The van der Waals surface area contributed by atoms with Crippen molar-refractivity contribution in [2.75, 3.05) is 32.5 Å². The number of nitrogens with two attached hydrogens (primary N) is 1. The summed E-state index contributed by atoms with van der Waals surface area (Å²) in [6, 6.07) is 14.3. The summed E-state index contributed by atoms with van der Waals surface area (Å²) >= 11 is 0. The Morgan fingerprint density at radius 3 is 2.43 bits per heavy atom. The van der Waals surface area contributed by atoms with E-state index in [1.807, 2.05) is 54.7 Å². The molecule has 1 fully saturated rings. The van der Waals surface area contributed by atoms with E-state index in [0.29, 0.717) is 38.8 Å². The van der Waals surface area contributed by atoms with Gasteiger partial charge in [-0.2, -0.15) is 4.31 Å². The zero-order chi connectivity index (χ0) is 32.6. The first-order chi connectivity index (χ1) is 21.2. The van der Waals surface area contributed by atoms with Gasteiger partial charge in [-0.15, -0.1) is 12.4 Å². The molecule has 0 saturated carbocycles. The SMILES string of the molecule is CCOC(=O)CN([C@@H]1CC2(CCN(C(=O)C(Cc3c[nH]c4ccccc34)NC(=O)C(C)(C)N)CC2)c2ccccc21)S(C)(=O)=O.Cl. The lowest BCUT2D eigenvalue weighted by molar-refractivity contribution is -0.143. The predicted octanol–water partition coefficient (Wildman–Crippen LogP) is 3.18. The van der Waals surface area contributed by atoms with E-state index in [1.54, 1.807) is 25.7 Å². The smallest absolute Gasteiger partial charge is 0.321 e. The molecule has 1 aliphatic carbocycles. The maximum Gasteiger partial charge on any atom is 0.321 e. The van der Waals surface area contributed by atoms with Crippen LogP contribution in [0.1, 0.15) is 62.8 Å². The number of rotatable bonds is 10. The van der Waals surface area contributed by atoms with Gasteiger partial charge in [0.15, 0.2) is 0 Å². The average molecular weight is 674 g/mol. The lowest BCUT2D eigenvalue weighted by Crippen LogP contribution is -2.58. The Morgan fingerprint density at radius 1 is 1.13 bits per heavy atom. The van der Waals surface area contributed by atoms with E-state index in [1.165, 1.54) is 4.31 Å². The summed E-state index contributed by atoms with van der Waals surface area (Å²) in [5.74, 6) is -1.19. The number of carbonyl (C=O) groups excluding carboxylic acids is 3. The number of hydrogen-bond acceptors (Lipinski definition) is 7. The third-order valence-corrected chi connectivity index (χ3v) is 10.4. The molecule has 1 saturated heterocycles. The molecule has 11 nitrogen and oxygen atoms in total. The summed E-state index contributed by atoms with van der Waals surface area (Å²) in [7, 11) is -3.74. The number of piperidine rings is 1. The normalized spacial score (nSPS) is 18.2. The Balaban J connectivity index is 0.00000480. The maximum atomic E-state index is 14.1. The second kappa shape index (κ2) is 13.7. The van der Waals surface area contributed by atoms with Gasteiger partial charge in [-0.05, 0) is 62.8 Å². The Bertz CT molecular complexity index is 1690. The molecule has 2 atom stereocenters. The van der Waals surface area contributed by atoms with Crippen LogP contribution in [-0.2, 0) is 41.0 Å². The number of hydrogen-bond donors (Lipinski definition) is 3. The number of ether oxygens (including phenoxy) is 1. The van der Waals surface area contributed by atoms with Crippen LogP contribution in [0, 0.1) is 0 Å². The van der Waals surface area contributed by atoms with E-state index in [0.717, 1.165) is 33.8 Å². The molecular weight excluding hydrogens is 630 g/mol. The molecule has 2 heterocycles. The van der Waals surface area contributed by atoms with Gasteiger partial charge in [0.05, 0.1) is 24.4 Å². The van der Waals surface area contributed by atoms with Crippen molar-refractivity contribution >= 4 is 51.1 Å². The third-order valence-electron chi connectivity index (χ3n) is 9.16. The molecule has 1 unspecified atom stereocenters. The molecule has 1 aliphatic heterocycles. The minimum absolute atomic E-state index is 0. The molecule has 5 rings (SSSR count). The van der Waals surface area contributed by atoms with Crippen LogP contribution in [0.25, 0.3) is 10.9 Å². The Labute approximate surface area is 276 Å². The van der Waals surface area contributed by atoms with Gasteiger partial charge >= 0.3 is 5.97 Å². The number of carbonyl (C=O) groups is 3. The number of nitrogens with one attached hydrogen (secondary N) is 2. The van der Waals surface area contributed by atoms with Gasteiger partial charge in [0, 0.05) is 42.0 Å². The predicted molar refractivity (Wildman–Crippen MR) is 179 cm³/mol. The quantitative estimate of drug-likeness (QED) is 0.279. The highest BCUT2D eigenvalue weighted by molar-refractivity contribution is 7.88. The molecule has 3 aromatic rings. The second-order valence-electron chi connectivity index (χ2n) is 12.8. The molecule has 0 radical (unpaired) electrons. The van der Waals surface area contributed by atoms with E-state index in [4.69, 9.17) is 10.5 Å². The fourth-order valence-electron chi connectivity index (χ4n) is 6.82. The molecular formula is C33H44ClN5O6S. The van der Waals surface area contributed by atoms with Crippen LogP contribution in [-0.4, -0.2) is 84.5 Å². The van der Waals surface area contributed by atoms with Crippen LogP contribution >= 0.6 is 12.4 Å². The summed E-state index contributed by atoms with van der Waals surface area (Å²) in [6.45, 7) is 5.57. The first kappa shape index (κ1) is 35.4. The van der Waals surface area contributed by atoms with Gasteiger partial charge in [-0.1, -0.05) is 42.5 Å². The number of amides is 2. The third kappa shape index (κ3) is 7.25. The van der Waals surface area contributed by atoms with E-state index < -0.39 is 39.5 Å². The van der Waals surface area contributed by atoms with Gasteiger partial charge in [0.2, 0.25) is 21.8 Å². The number of H-pyrrole nitrogens is 1. The minimum Gasteiger partial charge on any atom is -0.465 e. The molecule has 250 valence electrons. The van der Waals surface area contributed by atoms with E-state index in [9.17, 15) is 22.8 Å². The van der Waals surface area contributed by atoms with E-state index >= 15 is 0 Å². The number of halogens is 1. The fraction of sp³-hybridized carbons (Fsp3) is 0.485. The number of fused-ring (bicyclic) bond motifs is 3.